The lowest BCUT2D eigenvalue weighted by Gasteiger charge is -2.08. The van der Waals surface area contributed by atoms with Crippen LogP contribution in [0.3, 0.4) is 0 Å². The zero-order valence-electron chi connectivity index (χ0n) is 10.4. The fourth-order valence-corrected chi connectivity index (χ4v) is 2.63. The molecular weight excluding hydrogens is 276 g/mol. The summed E-state index contributed by atoms with van der Waals surface area (Å²) in [6.07, 6.45) is 0. The number of nitriles is 1. The minimum absolute atomic E-state index is 0.00495. The topological polar surface area (TPSA) is 90.2 Å². The predicted octanol–water partition coefficient (Wildman–Crippen LogP) is 1.74. The van der Waals surface area contributed by atoms with Crippen molar-refractivity contribution in [1.82, 2.24) is 4.72 Å². The van der Waals surface area contributed by atoms with Gasteiger partial charge in [0.2, 0.25) is 10.0 Å². The third-order valence-corrected chi connectivity index (χ3v) is 4.16. The number of nitrogens with zero attached hydrogens (tertiary/aromatic N) is 1. The van der Waals surface area contributed by atoms with E-state index in [0.717, 1.165) is 0 Å². The van der Waals surface area contributed by atoms with Gasteiger partial charge in [-0.3, -0.25) is 0 Å². The van der Waals surface area contributed by atoms with Crippen molar-refractivity contribution in [2.75, 3.05) is 0 Å². The van der Waals surface area contributed by atoms with Crippen molar-refractivity contribution in [3.8, 4) is 11.8 Å². The van der Waals surface area contributed by atoms with Crippen LogP contribution in [-0.4, -0.2) is 13.5 Å². The van der Waals surface area contributed by atoms with Gasteiger partial charge in [-0.05, 0) is 30.3 Å². The third-order valence-electron chi connectivity index (χ3n) is 2.74. The Morgan fingerprint density at radius 1 is 1.10 bits per heavy atom. The first-order valence-electron chi connectivity index (χ1n) is 5.79. The fourth-order valence-electron chi connectivity index (χ4n) is 1.63. The van der Waals surface area contributed by atoms with Gasteiger partial charge in [0.15, 0.2) is 0 Å². The average molecular weight is 288 g/mol. The SMILES string of the molecule is N#Cc1ccc(S(=O)(=O)NCc2ccccc2O)cc1. The van der Waals surface area contributed by atoms with Gasteiger partial charge < -0.3 is 5.11 Å². The first-order valence-corrected chi connectivity index (χ1v) is 7.28. The molecule has 2 N–H and O–H groups in total. The van der Waals surface area contributed by atoms with Crippen molar-refractivity contribution in [2.24, 2.45) is 0 Å². The Labute approximate surface area is 117 Å². The molecule has 0 spiro atoms. The molecule has 0 aromatic heterocycles. The molecule has 5 nitrogen and oxygen atoms in total. The number of hydrogen-bond acceptors (Lipinski definition) is 4. The molecular formula is C14H12N2O3S. The fraction of sp³-hybridized carbons (Fsp3) is 0.0714. The van der Waals surface area contributed by atoms with Crippen LogP contribution in [0, 0.1) is 11.3 Å². The molecule has 2 rings (SSSR count). The quantitative estimate of drug-likeness (QED) is 0.896. The molecule has 0 aliphatic heterocycles. The number of hydrogen-bond donors (Lipinski definition) is 2. The highest BCUT2D eigenvalue weighted by molar-refractivity contribution is 7.89. The van der Waals surface area contributed by atoms with E-state index < -0.39 is 10.0 Å². The Kier molecular flexibility index (Phi) is 4.03. The third kappa shape index (κ3) is 3.15. The first-order chi connectivity index (χ1) is 9.53. The summed E-state index contributed by atoms with van der Waals surface area (Å²) in [5.41, 5.74) is 0.884. The lowest BCUT2D eigenvalue weighted by molar-refractivity contribution is 0.467. The summed E-state index contributed by atoms with van der Waals surface area (Å²) < 4.78 is 26.5. The van der Waals surface area contributed by atoms with Crippen LogP contribution in [0.1, 0.15) is 11.1 Å². The maximum atomic E-state index is 12.0. The summed E-state index contributed by atoms with van der Waals surface area (Å²) in [6, 6.07) is 14.0. The van der Waals surface area contributed by atoms with Gasteiger partial charge >= 0.3 is 0 Å². The van der Waals surface area contributed by atoms with Gasteiger partial charge in [-0.2, -0.15) is 5.26 Å². The summed E-state index contributed by atoms with van der Waals surface area (Å²) in [6.45, 7) is -0.00495. The lowest BCUT2D eigenvalue weighted by atomic mass is 10.2. The summed E-state index contributed by atoms with van der Waals surface area (Å²) >= 11 is 0. The molecule has 2 aromatic rings. The number of para-hydroxylation sites is 1. The molecule has 0 heterocycles. The van der Waals surface area contributed by atoms with E-state index in [1.807, 2.05) is 6.07 Å². The summed E-state index contributed by atoms with van der Waals surface area (Å²) in [5, 5.41) is 18.2. The highest BCUT2D eigenvalue weighted by atomic mass is 32.2. The average Bonchev–Trinajstić information content (AvgIpc) is 2.46. The number of benzene rings is 2. The molecule has 0 aliphatic rings. The molecule has 2 aromatic carbocycles. The van der Waals surface area contributed by atoms with E-state index in [1.165, 1.54) is 30.3 Å². The van der Waals surface area contributed by atoms with Gasteiger partial charge in [0.25, 0.3) is 0 Å². The second-order valence-corrected chi connectivity index (χ2v) is 5.86. The zero-order chi connectivity index (χ0) is 14.6. The Morgan fingerprint density at radius 3 is 2.35 bits per heavy atom. The molecule has 20 heavy (non-hydrogen) atoms. The van der Waals surface area contributed by atoms with Gasteiger partial charge in [0.1, 0.15) is 5.75 Å². The molecule has 0 unspecified atom stereocenters. The van der Waals surface area contributed by atoms with Crippen molar-refractivity contribution < 1.29 is 13.5 Å². The van der Waals surface area contributed by atoms with Gasteiger partial charge in [-0.1, -0.05) is 18.2 Å². The number of aromatic hydroxyl groups is 1. The number of nitrogens with one attached hydrogen (secondary N) is 1. The van der Waals surface area contributed by atoms with Gasteiger partial charge in [-0.25, -0.2) is 13.1 Å². The molecule has 0 atom stereocenters. The van der Waals surface area contributed by atoms with E-state index in [9.17, 15) is 13.5 Å². The van der Waals surface area contributed by atoms with Crippen molar-refractivity contribution in [3.05, 3.63) is 59.7 Å². The molecule has 102 valence electrons. The minimum atomic E-state index is -3.67. The number of phenolic OH excluding ortho intramolecular Hbond substituents is 1. The van der Waals surface area contributed by atoms with Crippen LogP contribution in [0.5, 0.6) is 5.75 Å². The van der Waals surface area contributed by atoms with E-state index in [2.05, 4.69) is 4.72 Å². The molecule has 0 fully saturated rings. The predicted molar refractivity (Wildman–Crippen MR) is 73.3 cm³/mol. The van der Waals surface area contributed by atoms with Crippen LogP contribution >= 0.6 is 0 Å². The van der Waals surface area contributed by atoms with Crippen LogP contribution in [0.25, 0.3) is 0 Å². The van der Waals surface area contributed by atoms with Crippen LogP contribution in [0.2, 0.25) is 0 Å². The highest BCUT2D eigenvalue weighted by Gasteiger charge is 2.14. The number of rotatable bonds is 4. The summed E-state index contributed by atoms with van der Waals surface area (Å²) in [5.74, 6) is 0.0371. The minimum Gasteiger partial charge on any atom is -0.508 e. The molecule has 0 aliphatic carbocycles. The van der Waals surface area contributed by atoms with Crippen molar-refractivity contribution in [1.29, 1.82) is 5.26 Å². The lowest BCUT2D eigenvalue weighted by Crippen LogP contribution is -2.23. The largest absolute Gasteiger partial charge is 0.508 e. The van der Waals surface area contributed by atoms with E-state index in [1.54, 1.807) is 18.2 Å². The monoisotopic (exact) mass is 288 g/mol. The maximum absolute atomic E-state index is 12.0. The van der Waals surface area contributed by atoms with Crippen molar-refractivity contribution in [2.45, 2.75) is 11.4 Å². The summed E-state index contributed by atoms with van der Waals surface area (Å²) in [4.78, 5) is 0.0759. The standard InChI is InChI=1S/C14H12N2O3S/c15-9-11-5-7-13(8-6-11)20(18,19)16-10-12-3-1-2-4-14(12)17/h1-8,16-17H,10H2. The second-order valence-electron chi connectivity index (χ2n) is 4.09. The maximum Gasteiger partial charge on any atom is 0.240 e. The number of sulfonamides is 1. The van der Waals surface area contributed by atoms with Gasteiger partial charge in [0.05, 0.1) is 16.5 Å². The van der Waals surface area contributed by atoms with E-state index in [0.29, 0.717) is 11.1 Å². The molecule has 0 amide bonds. The van der Waals surface area contributed by atoms with Crippen LogP contribution in [0.4, 0.5) is 0 Å². The summed E-state index contributed by atoms with van der Waals surface area (Å²) in [7, 11) is -3.67. The molecule has 0 radical (unpaired) electrons. The van der Waals surface area contributed by atoms with Crippen LogP contribution < -0.4 is 4.72 Å². The van der Waals surface area contributed by atoms with Crippen molar-refractivity contribution >= 4 is 10.0 Å². The zero-order valence-corrected chi connectivity index (χ0v) is 11.3. The first kappa shape index (κ1) is 14.1. The van der Waals surface area contributed by atoms with Crippen LogP contribution in [-0.2, 0) is 16.6 Å². The van der Waals surface area contributed by atoms with E-state index in [4.69, 9.17) is 5.26 Å². The van der Waals surface area contributed by atoms with E-state index in [-0.39, 0.29) is 17.2 Å². The van der Waals surface area contributed by atoms with Crippen LogP contribution in [0.15, 0.2) is 53.4 Å². The van der Waals surface area contributed by atoms with Gasteiger partial charge in [-0.15, -0.1) is 0 Å². The van der Waals surface area contributed by atoms with E-state index >= 15 is 0 Å². The van der Waals surface area contributed by atoms with Crippen molar-refractivity contribution in [3.63, 3.8) is 0 Å². The normalized spacial score (nSPS) is 10.9. The Morgan fingerprint density at radius 2 is 1.75 bits per heavy atom. The highest BCUT2D eigenvalue weighted by Crippen LogP contribution is 2.16. The smallest absolute Gasteiger partial charge is 0.240 e. The molecule has 0 saturated carbocycles. The Bertz CT molecular complexity index is 747. The molecule has 0 saturated heterocycles. The number of phenols is 1. The molecule has 0 bridgehead atoms. The van der Waals surface area contributed by atoms with Gasteiger partial charge in [0, 0.05) is 12.1 Å². The Balaban J connectivity index is 2.15. The molecule has 6 heteroatoms. The Hall–Kier alpha value is -2.36. The second kappa shape index (κ2) is 5.74.